The van der Waals surface area contributed by atoms with Crippen molar-refractivity contribution in [3.63, 3.8) is 0 Å². The molecule has 0 saturated heterocycles. The lowest BCUT2D eigenvalue weighted by atomic mass is 10.0. The third kappa shape index (κ3) is 7.32. The van der Waals surface area contributed by atoms with Crippen molar-refractivity contribution in [3.8, 4) is 23.1 Å². The highest BCUT2D eigenvalue weighted by Crippen LogP contribution is 2.25. The summed E-state index contributed by atoms with van der Waals surface area (Å²) < 4.78 is 7.55. The summed E-state index contributed by atoms with van der Waals surface area (Å²) in [4.78, 5) is 30.1. The number of nitriles is 1. The van der Waals surface area contributed by atoms with Gasteiger partial charge in [-0.05, 0) is 63.9 Å². The molecule has 2 heterocycles. The van der Waals surface area contributed by atoms with Crippen LogP contribution in [-0.4, -0.2) is 51.0 Å². The summed E-state index contributed by atoms with van der Waals surface area (Å²) in [5, 5.41) is 25.4. The van der Waals surface area contributed by atoms with Gasteiger partial charge in [0.15, 0.2) is 0 Å². The molecule has 0 aliphatic rings. The van der Waals surface area contributed by atoms with Crippen molar-refractivity contribution in [2.45, 2.75) is 58.4 Å². The molecule has 0 aliphatic heterocycles. The highest BCUT2D eigenvalue weighted by atomic mass is 16.5. The fraction of sp³-hybridized carbons (Fsp3) is 0.312. The Hall–Kier alpha value is -4.72. The van der Waals surface area contributed by atoms with Gasteiger partial charge in [-0.25, -0.2) is 4.98 Å². The van der Waals surface area contributed by atoms with Gasteiger partial charge in [0.05, 0.1) is 35.5 Å². The maximum Gasteiger partial charge on any atom is 0.251 e. The van der Waals surface area contributed by atoms with E-state index >= 15 is 0 Å². The van der Waals surface area contributed by atoms with Gasteiger partial charge in [-0.3, -0.25) is 9.59 Å². The van der Waals surface area contributed by atoms with Gasteiger partial charge < -0.3 is 30.6 Å². The first-order valence-electron chi connectivity index (χ1n) is 13.9. The van der Waals surface area contributed by atoms with Gasteiger partial charge in [-0.2, -0.15) is 5.26 Å². The van der Waals surface area contributed by atoms with E-state index in [1.807, 2.05) is 67.0 Å². The summed E-state index contributed by atoms with van der Waals surface area (Å²) in [6.07, 6.45) is 3.48. The van der Waals surface area contributed by atoms with Crippen LogP contribution < -0.4 is 21.1 Å². The molecule has 42 heavy (non-hydrogen) atoms. The molecule has 10 heteroatoms. The molecule has 0 fully saturated rings. The minimum absolute atomic E-state index is 0.115. The Labute approximate surface area is 245 Å². The number of pyridine rings is 1. The van der Waals surface area contributed by atoms with E-state index in [0.29, 0.717) is 23.4 Å². The molecule has 2 amide bonds. The number of benzene rings is 2. The lowest BCUT2D eigenvalue weighted by molar-refractivity contribution is -0.122. The zero-order valence-corrected chi connectivity index (χ0v) is 24.2. The Balaban J connectivity index is 1.52. The molecule has 5 N–H and O–H groups in total. The summed E-state index contributed by atoms with van der Waals surface area (Å²) in [5.74, 6) is -0.287. The Kier molecular flexibility index (Phi) is 9.57. The number of hydrogen-bond donors (Lipinski definition) is 4. The van der Waals surface area contributed by atoms with Crippen molar-refractivity contribution < 1.29 is 19.4 Å². The van der Waals surface area contributed by atoms with Crippen molar-refractivity contribution in [1.82, 2.24) is 20.0 Å². The molecule has 0 radical (unpaired) electrons. The van der Waals surface area contributed by atoms with Gasteiger partial charge >= 0.3 is 0 Å². The van der Waals surface area contributed by atoms with Crippen molar-refractivity contribution in [2.75, 3.05) is 6.54 Å². The average molecular weight is 569 g/mol. The zero-order valence-electron chi connectivity index (χ0n) is 24.2. The van der Waals surface area contributed by atoms with Gasteiger partial charge in [0.25, 0.3) is 5.91 Å². The van der Waals surface area contributed by atoms with E-state index in [2.05, 4.69) is 16.7 Å². The van der Waals surface area contributed by atoms with E-state index in [-0.39, 0.29) is 30.0 Å². The van der Waals surface area contributed by atoms with Gasteiger partial charge in [-0.15, -0.1) is 0 Å². The predicted octanol–water partition coefficient (Wildman–Crippen LogP) is 3.52. The lowest BCUT2D eigenvalue weighted by Gasteiger charge is -2.21. The number of aliphatic hydroxyl groups excluding tert-OH is 1. The van der Waals surface area contributed by atoms with Gasteiger partial charge in [0, 0.05) is 35.6 Å². The number of fused-ring (bicyclic) bond motifs is 1. The number of aromatic nitrogens is 2. The fourth-order valence-corrected chi connectivity index (χ4v) is 4.54. The zero-order chi connectivity index (χ0) is 30.4. The van der Waals surface area contributed by atoms with Crippen LogP contribution in [0.5, 0.6) is 5.75 Å². The van der Waals surface area contributed by atoms with Crippen molar-refractivity contribution >= 4 is 17.5 Å². The number of nitrogens with one attached hydrogen (secondary N) is 2. The summed E-state index contributed by atoms with van der Waals surface area (Å²) in [6.45, 7) is 7.20. The van der Waals surface area contributed by atoms with Crippen LogP contribution in [0, 0.1) is 11.3 Å². The summed E-state index contributed by atoms with van der Waals surface area (Å²) in [7, 11) is 0. The molecule has 0 bridgehead atoms. The van der Waals surface area contributed by atoms with Crippen LogP contribution >= 0.6 is 0 Å². The molecule has 2 aromatic heterocycles. The molecule has 4 rings (SSSR count). The molecule has 10 nitrogen and oxygen atoms in total. The molecule has 0 saturated carbocycles. The van der Waals surface area contributed by atoms with Gasteiger partial charge in [-0.1, -0.05) is 30.3 Å². The van der Waals surface area contributed by atoms with Gasteiger partial charge in [0.2, 0.25) is 5.91 Å². The first-order valence-corrected chi connectivity index (χ1v) is 13.9. The molecule has 0 aliphatic carbocycles. The maximum atomic E-state index is 13.2. The van der Waals surface area contributed by atoms with Crippen LogP contribution in [0.4, 0.5) is 0 Å². The number of carbonyl (C=O) groups is 2. The summed E-state index contributed by atoms with van der Waals surface area (Å²) >= 11 is 0. The van der Waals surface area contributed by atoms with E-state index < -0.39 is 18.2 Å². The third-order valence-corrected chi connectivity index (χ3v) is 6.69. The maximum absolute atomic E-state index is 13.2. The minimum atomic E-state index is -0.688. The number of amides is 2. The molecular weight excluding hydrogens is 532 g/mol. The van der Waals surface area contributed by atoms with Crippen LogP contribution in [0.25, 0.3) is 16.9 Å². The molecule has 4 aromatic rings. The van der Waals surface area contributed by atoms with E-state index in [1.54, 1.807) is 26.0 Å². The SMILES string of the molecule is CC(C)Oc1ccc(C(=O)NC(CNC(=O)C(C)N)Cc2ccc(-c3cn4cccc(C(C)O)c4n3)cc2)cc1C#N. The molecule has 218 valence electrons. The largest absolute Gasteiger partial charge is 0.490 e. The Morgan fingerprint density at radius 1 is 1.12 bits per heavy atom. The lowest BCUT2D eigenvalue weighted by Crippen LogP contribution is -2.48. The second-order valence-corrected chi connectivity index (χ2v) is 10.6. The second-order valence-electron chi connectivity index (χ2n) is 10.6. The Morgan fingerprint density at radius 3 is 2.50 bits per heavy atom. The van der Waals surface area contributed by atoms with Crippen LogP contribution in [0.2, 0.25) is 0 Å². The second kappa shape index (κ2) is 13.3. The Morgan fingerprint density at radius 2 is 1.86 bits per heavy atom. The van der Waals surface area contributed by atoms with Gasteiger partial charge in [0.1, 0.15) is 17.5 Å². The van der Waals surface area contributed by atoms with E-state index in [4.69, 9.17) is 15.5 Å². The normalized spacial score (nSPS) is 13.3. The molecular formula is C32H36N6O4. The minimum Gasteiger partial charge on any atom is -0.490 e. The fourth-order valence-electron chi connectivity index (χ4n) is 4.54. The number of hydrogen-bond acceptors (Lipinski definition) is 7. The number of aliphatic hydroxyl groups is 1. The topological polar surface area (TPSA) is 155 Å². The molecule has 0 spiro atoms. The van der Waals surface area contributed by atoms with E-state index in [1.165, 1.54) is 6.07 Å². The van der Waals surface area contributed by atoms with Crippen molar-refractivity contribution in [1.29, 1.82) is 5.26 Å². The molecule has 3 atom stereocenters. The number of rotatable bonds is 11. The predicted molar refractivity (Wildman–Crippen MR) is 160 cm³/mol. The van der Waals surface area contributed by atoms with Crippen LogP contribution in [0.1, 0.15) is 60.8 Å². The highest BCUT2D eigenvalue weighted by molar-refractivity contribution is 5.95. The highest BCUT2D eigenvalue weighted by Gasteiger charge is 2.19. The smallest absolute Gasteiger partial charge is 0.251 e. The van der Waals surface area contributed by atoms with Crippen LogP contribution in [0.15, 0.2) is 67.0 Å². The monoisotopic (exact) mass is 568 g/mol. The first kappa shape index (κ1) is 30.2. The number of imidazole rings is 1. The van der Waals surface area contributed by atoms with Crippen LogP contribution in [-0.2, 0) is 11.2 Å². The number of nitrogens with two attached hydrogens (primary N) is 1. The number of ether oxygens (including phenoxy) is 1. The average Bonchev–Trinajstić information content (AvgIpc) is 3.40. The summed E-state index contributed by atoms with van der Waals surface area (Å²) in [6, 6.07) is 17.2. The Bertz CT molecular complexity index is 1600. The molecule has 2 aromatic carbocycles. The molecule has 3 unspecified atom stereocenters. The van der Waals surface area contributed by atoms with E-state index in [9.17, 15) is 20.0 Å². The third-order valence-electron chi connectivity index (χ3n) is 6.69. The number of carbonyl (C=O) groups excluding carboxylic acids is 2. The quantitative estimate of drug-likeness (QED) is 0.216. The first-order chi connectivity index (χ1) is 20.0. The standard InChI is InChI=1S/C32H36N6O4/c1-19(2)42-29-12-11-24(15-25(29)16-33)32(41)36-26(17-35-31(40)20(3)34)14-22-7-9-23(10-8-22)28-18-38-13-5-6-27(21(4)39)30(38)37-28/h5-13,15,18-21,26,39H,14,17,34H2,1-4H3,(H,35,40)(H,36,41). The van der Waals surface area contributed by atoms with Crippen molar-refractivity contribution in [3.05, 3.63) is 89.2 Å². The van der Waals surface area contributed by atoms with E-state index in [0.717, 1.165) is 22.4 Å². The van der Waals surface area contributed by atoms with Crippen LogP contribution in [0.3, 0.4) is 0 Å². The van der Waals surface area contributed by atoms with Crippen molar-refractivity contribution in [2.24, 2.45) is 5.73 Å². The summed E-state index contributed by atoms with van der Waals surface area (Å²) in [5.41, 5.74) is 10.3. The number of nitrogens with zero attached hydrogens (tertiary/aromatic N) is 3.